The average molecular weight is 457 g/mol. The standard InChI is InChI=1S/C28H28N2O4/c1-28(2)17-19-12-13-21(33-3)15-23(19)24(30-28)16-25(31)18-8-7-9-20(14-18)29-27(32)22-10-5-6-11-26(22)34-4/h5-16,30H,17H2,1-4H3,(H,29,32)/b24-16-. The van der Waals surface area contributed by atoms with Crippen LogP contribution in [0.5, 0.6) is 11.5 Å². The van der Waals surface area contributed by atoms with Crippen LogP contribution in [-0.4, -0.2) is 31.4 Å². The number of hydrogen-bond donors (Lipinski definition) is 2. The zero-order valence-corrected chi connectivity index (χ0v) is 19.8. The zero-order valence-electron chi connectivity index (χ0n) is 19.8. The lowest BCUT2D eigenvalue weighted by atomic mass is 9.85. The van der Waals surface area contributed by atoms with Crippen LogP contribution in [0.4, 0.5) is 5.69 Å². The fraction of sp³-hybridized carbons (Fsp3) is 0.214. The summed E-state index contributed by atoms with van der Waals surface area (Å²) in [5.41, 5.74) is 4.08. The summed E-state index contributed by atoms with van der Waals surface area (Å²) in [6.07, 6.45) is 2.45. The van der Waals surface area contributed by atoms with Crippen LogP contribution < -0.4 is 20.1 Å². The molecule has 0 saturated carbocycles. The number of allylic oxidation sites excluding steroid dienone is 1. The number of fused-ring (bicyclic) bond motifs is 1. The van der Waals surface area contributed by atoms with Gasteiger partial charge in [0.05, 0.1) is 19.8 Å². The highest BCUT2D eigenvalue weighted by atomic mass is 16.5. The number of carbonyl (C=O) groups is 2. The van der Waals surface area contributed by atoms with Crippen LogP contribution in [0.15, 0.2) is 72.8 Å². The van der Waals surface area contributed by atoms with Crippen LogP contribution in [0.2, 0.25) is 0 Å². The molecule has 0 atom stereocenters. The predicted octanol–water partition coefficient (Wildman–Crippen LogP) is 5.10. The molecule has 0 aromatic heterocycles. The molecule has 2 N–H and O–H groups in total. The summed E-state index contributed by atoms with van der Waals surface area (Å²) in [5, 5.41) is 6.33. The second kappa shape index (κ2) is 9.43. The van der Waals surface area contributed by atoms with Gasteiger partial charge in [0.1, 0.15) is 11.5 Å². The van der Waals surface area contributed by atoms with Crippen molar-refractivity contribution in [3.8, 4) is 11.5 Å². The molecule has 6 nitrogen and oxygen atoms in total. The third kappa shape index (κ3) is 4.96. The molecule has 0 radical (unpaired) electrons. The molecule has 1 aliphatic rings. The summed E-state index contributed by atoms with van der Waals surface area (Å²) < 4.78 is 10.7. The number of hydrogen-bond acceptors (Lipinski definition) is 5. The summed E-state index contributed by atoms with van der Waals surface area (Å²) in [6, 6.07) is 19.8. The van der Waals surface area contributed by atoms with E-state index in [1.54, 1.807) is 61.7 Å². The van der Waals surface area contributed by atoms with Crippen molar-refractivity contribution < 1.29 is 19.1 Å². The van der Waals surface area contributed by atoms with E-state index in [0.29, 0.717) is 22.6 Å². The Morgan fingerprint density at radius 1 is 0.971 bits per heavy atom. The topological polar surface area (TPSA) is 76.7 Å². The van der Waals surface area contributed by atoms with Gasteiger partial charge in [0.25, 0.3) is 5.91 Å². The Balaban J connectivity index is 1.61. The summed E-state index contributed by atoms with van der Waals surface area (Å²) >= 11 is 0. The molecule has 0 aliphatic carbocycles. The van der Waals surface area contributed by atoms with E-state index in [1.807, 2.05) is 18.2 Å². The normalized spacial score (nSPS) is 15.1. The minimum atomic E-state index is -0.308. The lowest BCUT2D eigenvalue weighted by molar-refractivity contribution is 0.102. The third-order valence-electron chi connectivity index (χ3n) is 5.74. The number of ketones is 1. The second-order valence-corrected chi connectivity index (χ2v) is 8.87. The minimum absolute atomic E-state index is 0.164. The predicted molar refractivity (Wildman–Crippen MR) is 134 cm³/mol. The molecule has 0 unspecified atom stereocenters. The molecule has 0 spiro atoms. The molecule has 1 amide bonds. The van der Waals surface area contributed by atoms with Crippen molar-refractivity contribution in [2.75, 3.05) is 19.5 Å². The van der Waals surface area contributed by atoms with Crippen molar-refractivity contribution in [2.45, 2.75) is 25.8 Å². The Morgan fingerprint density at radius 2 is 1.76 bits per heavy atom. The number of carbonyl (C=O) groups excluding carboxylic acids is 2. The summed E-state index contributed by atoms with van der Waals surface area (Å²) in [6.45, 7) is 4.21. The molecule has 3 aromatic carbocycles. The Labute approximate surface area is 199 Å². The number of benzene rings is 3. The molecule has 3 aromatic rings. The molecule has 4 rings (SSSR count). The highest BCUT2D eigenvalue weighted by Gasteiger charge is 2.28. The van der Waals surface area contributed by atoms with Gasteiger partial charge in [0, 0.05) is 34.1 Å². The van der Waals surface area contributed by atoms with Crippen molar-refractivity contribution >= 4 is 23.1 Å². The maximum Gasteiger partial charge on any atom is 0.259 e. The first-order chi connectivity index (χ1) is 16.3. The van der Waals surface area contributed by atoms with Crippen LogP contribution in [0.1, 0.15) is 45.7 Å². The first-order valence-electron chi connectivity index (χ1n) is 11.1. The van der Waals surface area contributed by atoms with Gasteiger partial charge in [-0.3, -0.25) is 9.59 Å². The van der Waals surface area contributed by atoms with Crippen molar-refractivity contribution in [2.24, 2.45) is 0 Å². The molecule has 34 heavy (non-hydrogen) atoms. The fourth-order valence-corrected chi connectivity index (χ4v) is 4.15. The van der Waals surface area contributed by atoms with Crippen LogP contribution >= 0.6 is 0 Å². The van der Waals surface area contributed by atoms with E-state index in [4.69, 9.17) is 9.47 Å². The maximum absolute atomic E-state index is 13.2. The van der Waals surface area contributed by atoms with Gasteiger partial charge in [-0.1, -0.05) is 30.3 Å². The van der Waals surface area contributed by atoms with Crippen LogP contribution in [0, 0.1) is 0 Å². The number of methoxy groups -OCH3 is 2. The van der Waals surface area contributed by atoms with Crippen LogP contribution in [-0.2, 0) is 6.42 Å². The van der Waals surface area contributed by atoms with Gasteiger partial charge in [0.15, 0.2) is 5.78 Å². The van der Waals surface area contributed by atoms with Crippen molar-refractivity contribution in [1.29, 1.82) is 0 Å². The van der Waals surface area contributed by atoms with E-state index < -0.39 is 0 Å². The number of nitrogens with one attached hydrogen (secondary N) is 2. The first kappa shape index (κ1) is 23.1. The maximum atomic E-state index is 13.2. The molecule has 0 bridgehead atoms. The van der Waals surface area contributed by atoms with Gasteiger partial charge < -0.3 is 20.1 Å². The highest BCUT2D eigenvalue weighted by molar-refractivity contribution is 6.10. The Hall–Kier alpha value is -4.06. The number of rotatable bonds is 6. The number of amides is 1. The van der Waals surface area contributed by atoms with Gasteiger partial charge in [-0.2, -0.15) is 0 Å². The van der Waals surface area contributed by atoms with E-state index in [2.05, 4.69) is 24.5 Å². The number of ether oxygens (including phenoxy) is 2. The average Bonchev–Trinajstić information content (AvgIpc) is 2.83. The van der Waals surface area contributed by atoms with E-state index >= 15 is 0 Å². The molecule has 0 saturated heterocycles. The first-order valence-corrected chi connectivity index (χ1v) is 11.1. The second-order valence-electron chi connectivity index (χ2n) is 8.87. The molecular formula is C28H28N2O4. The van der Waals surface area contributed by atoms with E-state index in [1.165, 1.54) is 7.11 Å². The lowest BCUT2D eigenvalue weighted by Crippen LogP contribution is -2.43. The summed E-state index contributed by atoms with van der Waals surface area (Å²) in [4.78, 5) is 26.0. The van der Waals surface area contributed by atoms with Gasteiger partial charge in [0.2, 0.25) is 0 Å². The fourth-order valence-electron chi connectivity index (χ4n) is 4.15. The molecule has 0 fully saturated rings. The SMILES string of the molecule is COc1ccc2c(c1)/C(=C/C(=O)c1cccc(NC(=O)c3ccccc3OC)c1)NC(C)(C)C2. The van der Waals surface area contributed by atoms with E-state index in [-0.39, 0.29) is 17.2 Å². The van der Waals surface area contributed by atoms with Gasteiger partial charge in [-0.05, 0) is 62.2 Å². The molecule has 1 heterocycles. The quantitative estimate of drug-likeness (QED) is 0.398. The molecule has 174 valence electrons. The van der Waals surface area contributed by atoms with Crippen LogP contribution in [0.3, 0.4) is 0 Å². The molecular weight excluding hydrogens is 428 g/mol. The smallest absolute Gasteiger partial charge is 0.259 e. The Bertz CT molecular complexity index is 1280. The Morgan fingerprint density at radius 3 is 2.53 bits per heavy atom. The zero-order chi connectivity index (χ0) is 24.3. The van der Waals surface area contributed by atoms with E-state index in [9.17, 15) is 9.59 Å². The highest BCUT2D eigenvalue weighted by Crippen LogP contribution is 2.32. The van der Waals surface area contributed by atoms with Crippen molar-refractivity contribution in [3.05, 3.63) is 95.1 Å². The lowest BCUT2D eigenvalue weighted by Gasteiger charge is -2.35. The van der Waals surface area contributed by atoms with Crippen molar-refractivity contribution in [1.82, 2.24) is 5.32 Å². The number of para-hydroxylation sites is 1. The minimum Gasteiger partial charge on any atom is -0.497 e. The Kier molecular flexibility index (Phi) is 6.41. The summed E-state index contributed by atoms with van der Waals surface area (Å²) in [5.74, 6) is 0.746. The molecule has 1 aliphatic heterocycles. The van der Waals surface area contributed by atoms with E-state index in [0.717, 1.165) is 29.0 Å². The van der Waals surface area contributed by atoms with Gasteiger partial charge in [-0.25, -0.2) is 0 Å². The summed E-state index contributed by atoms with van der Waals surface area (Å²) in [7, 11) is 3.15. The van der Waals surface area contributed by atoms with Gasteiger partial charge in [-0.15, -0.1) is 0 Å². The monoisotopic (exact) mass is 456 g/mol. The molecule has 6 heteroatoms. The van der Waals surface area contributed by atoms with Crippen LogP contribution in [0.25, 0.3) is 5.70 Å². The largest absolute Gasteiger partial charge is 0.497 e. The number of anilines is 1. The van der Waals surface area contributed by atoms with Gasteiger partial charge >= 0.3 is 0 Å². The third-order valence-corrected chi connectivity index (χ3v) is 5.74. The van der Waals surface area contributed by atoms with Crippen molar-refractivity contribution in [3.63, 3.8) is 0 Å².